The fraction of sp³-hybridized carbons (Fsp3) is 0.429. The number of rotatable bonds is 1. The molecular formula is C14H17NO. The van der Waals surface area contributed by atoms with E-state index >= 15 is 0 Å². The van der Waals surface area contributed by atoms with Gasteiger partial charge in [-0.25, -0.2) is 0 Å². The number of aliphatic hydroxyl groups is 1. The monoisotopic (exact) mass is 215 g/mol. The van der Waals surface area contributed by atoms with Crippen molar-refractivity contribution in [2.75, 3.05) is 0 Å². The Morgan fingerprint density at radius 3 is 2.06 bits per heavy atom. The second-order valence-electron chi connectivity index (χ2n) is 4.80. The van der Waals surface area contributed by atoms with Gasteiger partial charge in [0.15, 0.2) is 0 Å². The average molecular weight is 215 g/mol. The molecule has 84 valence electrons. The predicted molar refractivity (Wildman–Crippen MR) is 65.4 cm³/mol. The molecule has 0 unspecified atom stereocenters. The maximum absolute atomic E-state index is 9.50. The molecule has 1 heterocycles. The zero-order valence-electron chi connectivity index (χ0n) is 9.34. The predicted octanol–water partition coefficient (Wildman–Crippen LogP) is 3.12. The quantitative estimate of drug-likeness (QED) is 0.776. The lowest BCUT2D eigenvalue weighted by atomic mass is 9.93. The van der Waals surface area contributed by atoms with E-state index in [0.717, 1.165) is 25.7 Å². The topological polar surface area (TPSA) is 25.2 Å². The van der Waals surface area contributed by atoms with Crippen LogP contribution in [0.15, 0.2) is 36.7 Å². The fourth-order valence-electron chi connectivity index (χ4n) is 2.67. The molecule has 1 aliphatic carbocycles. The number of aromatic nitrogens is 1. The highest BCUT2D eigenvalue weighted by molar-refractivity contribution is 5.82. The van der Waals surface area contributed by atoms with Crippen LogP contribution in [0.25, 0.3) is 10.8 Å². The van der Waals surface area contributed by atoms with Crippen LogP contribution < -0.4 is 0 Å². The average Bonchev–Trinajstić information content (AvgIpc) is 2.73. The number of hydrogen-bond donors (Lipinski definition) is 1. The lowest BCUT2D eigenvalue weighted by molar-refractivity contribution is 0.111. The summed E-state index contributed by atoms with van der Waals surface area (Å²) >= 11 is 0. The van der Waals surface area contributed by atoms with E-state index in [-0.39, 0.29) is 6.10 Å². The Hall–Kier alpha value is -1.28. The minimum Gasteiger partial charge on any atom is -0.393 e. The highest BCUT2D eigenvalue weighted by Crippen LogP contribution is 2.30. The Kier molecular flexibility index (Phi) is 2.44. The van der Waals surface area contributed by atoms with Crippen LogP contribution >= 0.6 is 0 Å². The molecule has 0 saturated heterocycles. The maximum Gasteiger partial charge on any atom is 0.0541 e. The molecule has 1 aromatic carbocycles. The molecule has 1 aliphatic rings. The molecule has 0 atom stereocenters. The van der Waals surface area contributed by atoms with Gasteiger partial charge in [0.25, 0.3) is 0 Å². The third kappa shape index (κ3) is 1.74. The van der Waals surface area contributed by atoms with Crippen molar-refractivity contribution in [3.05, 3.63) is 36.7 Å². The Morgan fingerprint density at radius 1 is 0.938 bits per heavy atom. The molecular weight excluding hydrogens is 198 g/mol. The van der Waals surface area contributed by atoms with E-state index in [1.807, 2.05) is 0 Å². The largest absolute Gasteiger partial charge is 0.393 e. The summed E-state index contributed by atoms with van der Waals surface area (Å²) in [5.74, 6) is 0. The Bertz CT molecular complexity index is 447. The second-order valence-corrected chi connectivity index (χ2v) is 4.80. The maximum atomic E-state index is 9.50. The highest BCUT2D eigenvalue weighted by atomic mass is 16.3. The zero-order valence-corrected chi connectivity index (χ0v) is 9.34. The van der Waals surface area contributed by atoms with Crippen molar-refractivity contribution in [3.63, 3.8) is 0 Å². The van der Waals surface area contributed by atoms with Crippen LogP contribution in [0.5, 0.6) is 0 Å². The van der Waals surface area contributed by atoms with Crippen LogP contribution in [0.3, 0.4) is 0 Å². The zero-order chi connectivity index (χ0) is 11.0. The summed E-state index contributed by atoms with van der Waals surface area (Å²) in [6, 6.07) is 9.05. The first-order valence-corrected chi connectivity index (χ1v) is 6.07. The Balaban J connectivity index is 1.88. The first-order valence-electron chi connectivity index (χ1n) is 6.07. The van der Waals surface area contributed by atoms with Crippen molar-refractivity contribution in [1.82, 2.24) is 4.57 Å². The van der Waals surface area contributed by atoms with Crippen LogP contribution in [0.2, 0.25) is 0 Å². The molecule has 1 fully saturated rings. The van der Waals surface area contributed by atoms with Crippen LogP contribution in [-0.2, 0) is 0 Å². The second kappa shape index (κ2) is 3.95. The molecule has 2 heteroatoms. The minimum absolute atomic E-state index is 0.0683. The highest BCUT2D eigenvalue weighted by Gasteiger charge is 2.20. The van der Waals surface area contributed by atoms with E-state index in [1.54, 1.807) is 0 Å². The minimum atomic E-state index is -0.0683. The molecule has 0 aliphatic heterocycles. The van der Waals surface area contributed by atoms with Crippen molar-refractivity contribution >= 4 is 10.8 Å². The van der Waals surface area contributed by atoms with Crippen molar-refractivity contribution in [3.8, 4) is 0 Å². The van der Waals surface area contributed by atoms with E-state index in [4.69, 9.17) is 0 Å². The summed E-state index contributed by atoms with van der Waals surface area (Å²) in [6.07, 6.45) is 8.49. The van der Waals surface area contributed by atoms with Gasteiger partial charge in [-0.3, -0.25) is 0 Å². The lowest BCUT2D eigenvalue weighted by Crippen LogP contribution is -2.20. The standard InChI is InChI=1S/C14H17NO/c16-14-7-5-13(6-8-14)15-9-11-3-1-2-4-12(11)10-15/h1-4,9-10,13-14,16H,5-8H2/t13-,14+. The van der Waals surface area contributed by atoms with Gasteiger partial charge in [-0.2, -0.15) is 0 Å². The van der Waals surface area contributed by atoms with Crippen molar-refractivity contribution in [2.45, 2.75) is 37.8 Å². The third-order valence-electron chi connectivity index (χ3n) is 3.66. The van der Waals surface area contributed by atoms with Gasteiger partial charge in [-0.15, -0.1) is 0 Å². The van der Waals surface area contributed by atoms with E-state index in [9.17, 15) is 5.11 Å². The van der Waals surface area contributed by atoms with Crippen LogP contribution in [0.1, 0.15) is 31.7 Å². The molecule has 0 radical (unpaired) electrons. The van der Waals surface area contributed by atoms with Gasteiger partial charge < -0.3 is 9.67 Å². The van der Waals surface area contributed by atoms with E-state index in [2.05, 4.69) is 41.2 Å². The Labute approximate surface area is 95.5 Å². The molecule has 1 N–H and O–H groups in total. The SMILES string of the molecule is O[C@H]1CC[C@@H](n2cc3ccccc3c2)CC1. The van der Waals surface area contributed by atoms with Gasteiger partial charge in [0, 0.05) is 18.4 Å². The van der Waals surface area contributed by atoms with Crippen molar-refractivity contribution in [2.24, 2.45) is 0 Å². The van der Waals surface area contributed by atoms with Crippen molar-refractivity contribution in [1.29, 1.82) is 0 Å². The molecule has 0 spiro atoms. The molecule has 0 bridgehead atoms. The van der Waals surface area contributed by atoms with Gasteiger partial charge in [0.2, 0.25) is 0 Å². The molecule has 2 nitrogen and oxygen atoms in total. The first kappa shape index (κ1) is 9.91. The summed E-state index contributed by atoms with van der Waals surface area (Å²) in [6.45, 7) is 0. The molecule has 0 amide bonds. The summed E-state index contributed by atoms with van der Waals surface area (Å²) in [4.78, 5) is 0. The van der Waals surface area contributed by atoms with Crippen LogP contribution in [0.4, 0.5) is 0 Å². The van der Waals surface area contributed by atoms with E-state index in [1.165, 1.54) is 10.8 Å². The molecule has 16 heavy (non-hydrogen) atoms. The number of fused-ring (bicyclic) bond motifs is 1. The van der Waals surface area contributed by atoms with Crippen LogP contribution in [0, 0.1) is 0 Å². The lowest BCUT2D eigenvalue weighted by Gasteiger charge is -2.26. The van der Waals surface area contributed by atoms with Gasteiger partial charge in [0.05, 0.1) is 6.10 Å². The van der Waals surface area contributed by atoms with Gasteiger partial charge in [-0.05, 0) is 36.5 Å². The fourth-order valence-corrected chi connectivity index (χ4v) is 2.67. The molecule has 2 aromatic rings. The normalized spacial score (nSPS) is 26.1. The van der Waals surface area contributed by atoms with E-state index in [0.29, 0.717) is 6.04 Å². The number of aliphatic hydroxyl groups excluding tert-OH is 1. The summed E-state index contributed by atoms with van der Waals surface area (Å²) in [7, 11) is 0. The van der Waals surface area contributed by atoms with Gasteiger partial charge in [0.1, 0.15) is 0 Å². The molecule has 1 aromatic heterocycles. The van der Waals surface area contributed by atoms with Gasteiger partial charge >= 0.3 is 0 Å². The Morgan fingerprint density at radius 2 is 1.50 bits per heavy atom. The smallest absolute Gasteiger partial charge is 0.0541 e. The van der Waals surface area contributed by atoms with Crippen LogP contribution in [-0.4, -0.2) is 15.8 Å². The number of hydrogen-bond acceptors (Lipinski definition) is 1. The van der Waals surface area contributed by atoms with E-state index < -0.39 is 0 Å². The third-order valence-corrected chi connectivity index (χ3v) is 3.66. The summed E-state index contributed by atoms with van der Waals surface area (Å²) in [5.41, 5.74) is 0. The van der Waals surface area contributed by atoms with Gasteiger partial charge in [-0.1, -0.05) is 24.3 Å². The first-order chi connectivity index (χ1) is 7.83. The number of nitrogens with zero attached hydrogens (tertiary/aromatic N) is 1. The van der Waals surface area contributed by atoms with Crippen molar-refractivity contribution < 1.29 is 5.11 Å². The number of benzene rings is 1. The summed E-state index contributed by atoms with van der Waals surface area (Å²) in [5, 5.41) is 12.1. The summed E-state index contributed by atoms with van der Waals surface area (Å²) < 4.78 is 2.33. The molecule has 3 rings (SSSR count). The molecule has 1 saturated carbocycles.